The van der Waals surface area contributed by atoms with Crippen molar-refractivity contribution in [1.82, 2.24) is 20.2 Å². The van der Waals surface area contributed by atoms with Crippen LogP contribution in [0.4, 0.5) is 11.8 Å². The van der Waals surface area contributed by atoms with E-state index < -0.39 is 0 Å². The lowest BCUT2D eigenvalue weighted by Gasteiger charge is -2.12. The molecule has 0 aliphatic carbocycles. The molecule has 0 spiro atoms. The third-order valence-corrected chi connectivity index (χ3v) is 3.32. The maximum absolute atomic E-state index is 12.0. The number of halogens is 1. The van der Waals surface area contributed by atoms with Crippen LogP contribution in [0.5, 0.6) is 0 Å². The lowest BCUT2D eigenvalue weighted by atomic mass is 10.0. The Labute approximate surface area is 127 Å². The lowest BCUT2D eigenvalue weighted by molar-refractivity contribution is 0.826. The number of hydrogen-bond acceptors (Lipinski definition) is 6. The van der Waals surface area contributed by atoms with Crippen LogP contribution in [0.25, 0.3) is 0 Å². The maximum atomic E-state index is 12.0. The summed E-state index contributed by atoms with van der Waals surface area (Å²) in [5.74, 6) is 0.558. The highest BCUT2D eigenvalue weighted by Gasteiger charge is 2.12. The highest BCUT2D eigenvalue weighted by molar-refractivity contribution is 6.29. The predicted molar refractivity (Wildman–Crippen MR) is 82.4 cm³/mol. The van der Waals surface area contributed by atoms with Crippen LogP contribution in [0.2, 0.25) is 5.15 Å². The third kappa shape index (κ3) is 3.49. The highest BCUT2D eigenvalue weighted by Crippen LogP contribution is 2.15. The summed E-state index contributed by atoms with van der Waals surface area (Å²) in [5, 5.41) is 9.90. The van der Waals surface area contributed by atoms with Crippen molar-refractivity contribution >= 4 is 23.4 Å². The number of aromatic nitrogens is 4. The molecule has 2 rings (SSSR count). The van der Waals surface area contributed by atoms with Gasteiger partial charge in [0, 0.05) is 18.2 Å². The predicted octanol–water partition coefficient (Wildman–Crippen LogP) is 1.53. The first-order valence-corrected chi connectivity index (χ1v) is 7.06. The van der Waals surface area contributed by atoms with Gasteiger partial charge in [-0.25, -0.2) is 10.1 Å². The molecule has 0 saturated heterocycles. The van der Waals surface area contributed by atoms with E-state index in [0.29, 0.717) is 17.9 Å². The van der Waals surface area contributed by atoms with Crippen molar-refractivity contribution in [2.24, 2.45) is 0 Å². The fourth-order valence-electron chi connectivity index (χ4n) is 2.17. The lowest BCUT2D eigenvalue weighted by Crippen LogP contribution is -2.22. The Morgan fingerprint density at radius 1 is 1.29 bits per heavy atom. The number of H-pyrrole nitrogens is 1. The second-order valence-electron chi connectivity index (χ2n) is 4.45. The van der Waals surface area contributed by atoms with Crippen LogP contribution >= 0.6 is 11.6 Å². The van der Waals surface area contributed by atoms with Gasteiger partial charge >= 0.3 is 0 Å². The molecule has 0 atom stereocenters. The molecule has 0 radical (unpaired) electrons. The number of aryl methyl sites for hydroxylation is 1. The second kappa shape index (κ2) is 6.53. The summed E-state index contributed by atoms with van der Waals surface area (Å²) in [6.07, 6.45) is 1.50. The van der Waals surface area contributed by atoms with Crippen LogP contribution in [0, 0.1) is 0 Å². The molecule has 7 nitrogen and oxygen atoms in total. The van der Waals surface area contributed by atoms with Crippen LogP contribution in [0.15, 0.2) is 10.9 Å². The average Bonchev–Trinajstić information content (AvgIpc) is 2.44. The standard InChI is InChI=1S/C13H17ClN6O/c1-3-7-8(12(21)20-19-9(7)4-2)6-16-11-5-10(14)17-13(15)18-11/h5H,3-4,6H2,1-2H3,(H,20,21)(H3,15,16,17,18). The Hall–Kier alpha value is -2.15. The molecule has 2 aromatic rings. The average molecular weight is 309 g/mol. The van der Waals surface area contributed by atoms with E-state index >= 15 is 0 Å². The second-order valence-corrected chi connectivity index (χ2v) is 4.84. The monoisotopic (exact) mass is 308 g/mol. The molecule has 4 N–H and O–H groups in total. The van der Waals surface area contributed by atoms with E-state index in [1.54, 1.807) is 6.07 Å². The van der Waals surface area contributed by atoms with Crippen molar-refractivity contribution in [3.63, 3.8) is 0 Å². The maximum Gasteiger partial charge on any atom is 0.269 e. The van der Waals surface area contributed by atoms with Gasteiger partial charge in [-0.15, -0.1) is 0 Å². The summed E-state index contributed by atoms with van der Waals surface area (Å²) in [6, 6.07) is 1.56. The summed E-state index contributed by atoms with van der Waals surface area (Å²) < 4.78 is 0. The van der Waals surface area contributed by atoms with Crippen molar-refractivity contribution in [3.05, 3.63) is 38.4 Å². The first-order valence-electron chi connectivity index (χ1n) is 6.68. The molecule has 2 aromatic heterocycles. The molecule has 0 saturated carbocycles. The number of aromatic amines is 1. The molecular formula is C13H17ClN6O. The number of nitrogens with one attached hydrogen (secondary N) is 2. The number of nitrogens with two attached hydrogens (primary N) is 1. The molecule has 0 aliphatic rings. The molecule has 8 heteroatoms. The summed E-state index contributed by atoms with van der Waals surface area (Å²) >= 11 is 5.82. The van der Waals surface area contributed by atoms with E-state index in [4.69, 9.17) is 17.3 Å². The normalized spacial score (nSPS) is 10.6. The van der Waals surface area contributed by atoms with Gasteiger partial charge < -0.3 is 11.1 Å². The number of nitrogen functional groups attached to an aromatic ring is 1. The molecule has 0 aliphatic heterocycles. The van der Waals surface area contributed by atoms with Gasteiger partial charge in [0.1, 0.15) is 11.0 Å². The van der Waals surface area contributed by atoms with Gasteiger partial charge in [-0.1, -0.05) is 25.4 Å². The van der Waals surface area contributed by atoms with Crippen molar-refractivity contribution in [1.29, 1.82) is 0 Å². The minimum Gasteiger partial charge on any atom is -0.368 e. The highest BCUT2D eigenvalue weighted by atomic mass is 35.5. The van der Waals surface area contributed by atoms with E-state index in [1.807, 2.05) is 13.8 Å². The molecule has 112 valence electrons. The van der Waals surface area contributed by atoms with Crippen LogP contribution < -0.4 is 16.6 Å². The summed E-state index contributed by atoms with van der Waals surface area (Å²) in [6.45, 7) is 4.32. The fraction of sp³-hybridized carbons (Fsp3) is 0.385. The van der Waals surface area contributed by atoms with Gasteiger partial charge in [-0.05, 0) is 18.4 Å². The van der Waals surface area contributed by atoms with Crippen LogP contribution in [0.1, 0.15) is 30.7 Å². The molecule has 0 aromatic carbocycles. The van der Waals surface area contributed by atoms with E-state index in [-0.39, 0.29) is 16.7 Å². The number of anilines is 2. The Bertz CT molecular complexity index is 679. The number of hydrogen-bond donors (Lipinski definition) is 3. The number of rotatable bonds is 5. The summed E-state index contributed by atoms with van der Waals surface area (Å²) in [5.41, 5.74) is 7.84. The first kappa shape index (κ1) is 15.2. The topological polar surface area (TPSA) is 110 Å². The molecular weight excluding hydrogens is 292 g/mol. The smallest absolute Gasteiger partial charge is 0.269 e. The van der Waals surface area contributed by atoms with E-state index in [1.165, 1.54) is 0 Å². The first-order chi connectivity index (χ1) is 10.0. The zero-order chi connectivity index (χ0) is 15.4. The Balaban J connectivity index is 2.29. The molecule has 0 amide bonds. The Kier molecular flexibility index (Phi) is 4.74. The molecule has 0 fully saturated rings. The van der Waals surface area contributed by atoms with Crippen molar-refractivity contribution < 1.29 is 0 Å². The minimum atomic E-state index is -0.204. The van der Waals surface area contributed by atoms with Crippen LogP contribution in [-0.2, 0) is 19.4 Å². The van der Waals surface area contributed by atoms with Gasteiger partial charge in [0.15, 0.2) is 0 Å². The van der Waals surface area contributed by atoms with E-state index in [0.717, 1.165) is 24.1 Å². The Morgan fingerprint density at radius 3 is 2.67 bits per heavy atom. The fourth-order valence-corrected chi connectivity index (χ4v) is 2.36. The Morgan fingerprint density at radius 2 is 2.05 bits per heavy atom. The van der Waals surface area contributed by atoms with Crippen LogP contribution in [0.3, 0.4) is 0 Å². The minimum absolute atomic E-state index is 0.0820. The van der Waals surface area contributed by atoms with Gasteiger partial charge in [-0.2, -0.15) is 10.1 Å². The van der Waals surface area contributed by atoms with Crippen molar-refractivity contribution in [3.8, 4) is 0 Å². The van der Waals surface area contributed by atoms with Gasteiger partial charge in [0.2, 0.25) is 5.95 Å². The van der Waals surface area contributed by atoms with Crippen molar-refractivity contribution in [2.45, 2.75) is 33.2 Å². The molecule has 2 heterocycles. The zero-order valence-corrected chi connectivity index (χ0v) is 12.7. The molecule has 0 bridgehead atoms. The molecule has 0 unspecified atom stereocenters. The van der Waals surface area contributed by atoms with Gasteiger partial charge in [-0.3, -0.25) is 4.79 Å². The SMILES string of the molecule is CCc1n[nH]c(=O)c(CNc2cc(Cl)nc(N)n2)c1CC. The quantitative estimate of drug-likeness (QED) is 0.723. The van der Waals surface area contributed by atoms with Gasteiger partial charge in [0.05, 0.1) is 5.69 Å². The van der Waals surface area contributed by atoms with E-state index in [2.05, 4.69) is 25.5 Å². The van der Waals surface area contributed by atoms with Crippen LogP contribution in [-0.4, -0.2) is 20.2 Å². The molecule has 21 heavy (non-hydrogen) atoms. The van der Waals surface area contributed by atoms with Gasteiger partial charge in [0.25, 0.3) is 5.56 Å². The number of nitrogens with zero attached hydrogens (tertiary/aromatic N) is 3. The van der Waals surface area contributed by atoms with Crippen molar-refractivity contribution in [2.75, 3.05) is 11.1 Å². The van der Waals surface area contributed by atoms with E-state index in [9.17, 15) is 4.79 Å². The zero-order valence-electron chi connectivity index (χ0n) is 11.9. The largest absolute Gasteiger partial charge is 0.368 e. The summed E-state index contributed by atoms with van der Waals surface area (Å²) in [7, 11) is 0. The summed E-state index contributed by atoms with van der Waals surface area (Å²) in [4.78, 5) is 19.8. The third-order valence-electron chi connectivity index (χ3n) is 3.13.